The quantitative estimate of drug-likeness (QED) is 0.812. The number of hydrogen-bond acceptors (Lipinski definition) is 2. The second-order valence-corrected chi connectivity index (χ2v) is 3.91. The lowest BCUT2D eigenvalue weighted by molar-refractivity contribution is -0.143. The van der Waals surface area contributed by atoms with Crippen molar-refractivity contribution in [1.29, 1.82) is 0 Å². The molecule has 0 bridgehead atoms. The molecule has 96 valence electrons. The highest BCUT2D eigenvalue weighted by atomic mass is 19.4. The van der Waals surface area contributed by atoms with Gasteiger partial charge in [-0.2, -0.15) is 13.2 Å². The van der Waals surface area contributed by atoms with Crippen LogP contribution in [-0.2, 0) is 15.8 Å². The predicted molar refractivity (Wildman–Crippen MR) is 55.1 cm³/mol. The molecule has 1 unspecified atom stereocenters. The number of fused-ring (bicyclic) bond motifs is 1. The summed E-state index contributed by atoms with van der Waals surface area (Å²) in [6.07, 6.45) is -5.14. The van der Waals surface area contributed by atoms with E-state index in [0.717, 1.165) is 12.1 Å². The first-order chi connectivity index (χ1) is 8.30. The molecule has 2 rings (SSSR count). The highest BCUT2D eigenvalue weighted by molar-refractivity contribution is 6.00. The van der Waals surface area contributed by atoms with Gasteiger partial charge in [-0.3, -0.25) is 9.59 Å². The first-order valence-corrected chi connectivity index (χ1v) is 5.03. The Labute approximate surface area is 99.4 Å². The lowest BCUT2D eigenvalue weighted by Crippen LogP contribution is -2.29. The van der Waals surface area contributed by atoms with Gasteiger partial charge in [0.25, 0.3) is 0 Å². The van der Waals surface area contributed by atoms with Gasteiger partial charge in [0.05, 0.1) is 11.5 Å². The predicted octanol–water partition coefficient (Wildman–Crippen LogP) is 2.22. The van der Waals surface area contributed by atoms with Crippen molar-refractivity contribution < 1.29 is 27.9 Å². The van der Waals surface area contributed by atoms with Crippen molar-refractivity contribution in [3.63, 3.8) is 0 Å². The van der Waals surface area contributed by atoms with Crippen molar-refractivity contribution in [3.8, 4) is 0 Å². The summed E-state index contributed by atoms with van der Waals surface area (Å²) >= 11 is 0. The molecule has 1 aliphatic rings. The van der Waals surface area contributed by atoms with Crippen LogP contribution in [0.15, 0.2) is 18.2 Å². The van der Waals surface area contributed by atoms with Crippen LogP contribution in [0.4, 0.5) is 18.9 Å². The third-order valence-electron chi connectivity index (χ3n) is 2.72. The molecule has 1 amide bonds. The maximum Gasteiger partial charge on any atom is 0.416 e. The van der Waals surface area contributed by atoms with Gasteiger partial charge in [-0.15, -0.1) is 0 Å². The van der Waals surface area contributed by atoms with Gasteiger partial charge in [-0.05, 0) is 12.1 Å². The molecule has 1 aromatic carbocycles. The smallest absolute Gasteiger partial charge is 0.416 e. The van der Waals surface area contributed by atoms with E-state index in [0.29, 0.717) is 0 Å². The van der Waals surface area contributed by atoms with Crippen molar-refractivity contribution in [2.75, 3.05) is 5.32 Å². The van der Waals surface area contributed by atoms with E-state index in [2.05, 4.69) is 5.32 Å². The number of halogens is 3. The van der Waals surface area contributed by atoms with E-state index in [1.165, 1.54) is 6.07 Å². The average molecular weight is 259 g/mol. The van der Waals surface area contributed by atoms with Gasteiger partial charge in [0.1, 0.15) is 0 Å². The molecule has 1 aromatic rings. The summed E-state index contributed by atoms with van der Waals surface area (Å²) in [4.78, 5) is 22.2. The zero-order valence-corrected chi connectivity index (χ0v) is 8.91. The van der Waals surface area contributed by atoms with Gasteiger partial charge < -0.3 is 10.4 Å². The molecule has 2 N–H and O–H groups in total. The van der Waals surface area contributed by atoms with Gasteiger partial charge in [0, 0.05) is 17.7 Å². The minimum absolute atomic E-state index is 0.0894. The maximum atomic E-state index is 12.8. The standard InChI is InChI=1S/C11H8F3NO3/c12-11(13,14)6-2-1-3-7-9(6)5(10(17)18)4-8(16)15-7/h1-3,5H,4H2,(H,15,16)(H,17,18). The Balaban J connectivity index is 2.65. The number of carboxylic acids is 1. The second-order valence-electron chi connectivity index (χ2n) is 3.91. The summed E-state index contributed by atoms with van der Waals surface area (Å²) in [6.45, 7) is 0. The fraction of sp³-hybridized carbons (Fsp3) is 0.273. The molecule has 1 atom stereocenters. The fourth-order valence-corrected chi connectivity index (χ4v) is 2.00. The van der Waals surface area contributed by atoms with Crippen molar-refractivity contribution in [3.05, 3.63) is 29.3 Å². The molecular weight excluding hydrogens is 251 g/mol. The zero-order chi connectivity index (χ0) is 13.5. The van der Waals surface area contributed by atoms with Crippen molar-refractivity contribution in [2.45, 2.75) is 18.5 Å². The van der Waals surface area contributed by atoms with Gasteiger partial charge in [-0.1, -0.05) is 6.07 Å². The highest BCUT2D eigenvalue weighted by Crippen LogP contribution is 2.42. The van der Waals surface area contributed by atoms with E-state index in [-0.39, 0.29) is 11.3 Å². The number of alkyl halides is 3. The lowest BCUT2D eigenvalue weighted by atomic mass is 9.87. The van der Waals surface area contributed by atoms with Gasteiger partial charge in [0.15, 0.2) is 0 Å². The van der Waals surface area contributed by atoms with Crippen molar-refractivity contribution in [2.24, 2.45) is 0 Å². The number of carbonyl (C=O) groups is 2. The molecule has 0 saturated heterocycles. The van der Waals surface area contributed by atoms with Gasteiger partial charge in [0.2, 0.25) is 5.91 Å². The number of carboxylic acid groups (broad SMARTS) is 1. The van der Waals surface area contributed by atoms with Gasteiger partial charge in [-0.25, -0.2) is 0 Å². The van der Waals surface area contributed by atoms with Crippen LogP contribution in [0.3, 0.4) is 0 Å². The van der Waals surface area contributed by atoms with Gasteiger partial charge >= 0.3 is 12.1 Å². The first kappa shape index (κ1) is 12.4. The summed E-state index contributed by atoms with van der Waals surface area (Å²) in [6, 6.07) is 3.20. The molecule has 0 saturated carbocycles. The monoisotopic (exact) mass is 259 g/mol. The van der Waals surface area contributed by atoms with E-state index in [9.17, 15) is 22.8 Å². The molecule has 7 heteroatoms. The van der Waals surface area contributed by atoms with Crippen LogP contribution in [-0.4, -0.2) is 17.0 Å². The highest BCUT2D eigenvalue weighted by Gasteiger charge is 2.41. The Morgan fingerprint density at radius 2 is 2.06 bits per heavy atom. The molecule has 0 fully saturated rings. The summed E-state index contributed by atoms with van der Waals surface area (Å²) in [5, 5.41) is 11.2. The van der Waals surface area contributed by atoms with E-state index < -0.39 is 36.0 Å². The van der Waals surface area contributed by atoms with Crippen molar-refractivity contribution in [1.82, 2.24) is 0 Å². The number of hydrogen-bond donors (Lipinski definition) is 2. The number of rotatable bonds is 1. The Morgan fingerprint density at radius 3 is 2.61 bits per heavy atom. The molecule has 0 aliphatic carbocycles. The van der Waals surface area contributed by atoms with Crippen LogP contribution >= 0.6 is 0 Å². The van der Waals surface area contributed by atoms with Crippen LogP contribution in [0.5, 0.6) is 0 Å². The normalized spacial score (nSPS) is 19.1. The van der Waals surface area contributed by atoms with Crippen LogP contribution in [0.2, 0.25) is 0 Å². The largest absolute Gasteiger partial charge is 0.481 e. The lowest BCUT2D eigenvalue weighted by Gasteiger charge is -2.26. The molecule has 0 spiro atoms. The van der Waals surface area contributed by atoms with E-state index in [1.54, 1.807) is 0 Å². The topological polar surface area (TPSA) is 66.4 Å². The summed E-state index contributed by atoms with van der Waals surface area (Å²) in [7, 11) is 0. The summed E-state index contributed by atoms with van der Waals surface area (Å²) in [5.41, 5.74) is -1.49. The van der Waals surface area contributed by atoms with Crippen LogP contribution < -0.4 is 5.32 Å². The third-order valence-corrected chi connectivity index (χ3v) is 2.72. The Hall–Kier alpha value is -2.05. The number of nitrogens with one attached hydrogen (secondary N) is 1. The second kappa shape index (κ2) is 4.01. The molecule has 0 radical (unpaired) electrons. The van der Waals surface area contributed by atoms with E-state index in [4.69, 9.17) is 5.11 Å². The fourth-order valence-electron chi connectivity index (χ4n) is 2.00. The number of anilines is 1. The number of carbonyl (C=O) groups excluding carboxylic acids is 1. The molecule has 1 heterocycles. The third kappa shape index (κ3) is 2.03. The van der Waals surface area contributed by atoms with Crippen LogP contribution in [0.25, 0.3) is 0 Å². The molecule has 4 nitrogen and oxygen atoms in total. The van der Waals surface area contributed by atoms with E-state index >= 15 is 0 Å². The maximum absolute atomic E-state index is 12.8. The molecular formula is C11H8F3NO3. The first-order valence-electron chi connectivity index (χ1n) is 5.03. The van der Waals surface area contributed by atoms with Crippen LogP contribution in [0.1, 0.15) is 23.5 Å². The molecule has 1 aliphatic heterocycles. The molecule has 18 heavy (non-hydrogen) atoms. The Bertz CT molecular complexity index is 525. The minimum atomic E-state index is -4.65. The summed E-state index contributed by atoms with van der Waals surface area (Å²) in [5.74, 6) is -3.51. The zero-order valence-electron chi connectivity index (χ0n) is 8.91. The van der Waals surface area contributed by atoms with Crippen LogP contribution in [0, 0.1) is 0 Å². The number of amides is 1. The SMILES string of the molecule is O=C1CC(C(=O)O)c2c(cccc2C(F)(F)F)N1. The Kier molecular flexibility index (Phi) is 2.76. The van der Waals surface area contributed by atoms with Crippen molar-refractivity contribution >= 4 is 17.6 Å². The average Bonchev–Trinajstić information content (AvgIpc) is 2.25. The number of aliphatic carboxylic acids is 1. The molecule has 0 aromatic heterocycles. The van der Waals surface area contributed by atoms with E-state index in [1.807, 2.05) is 0 Å². The summed E-state index contributed by atoms with van der Waals surface area (Å²) < 4.78 is 38.4. The Morgan fingerprint density at radius 1 is 1.39 bits per heavy atom. The minimum Gasteiger partial charge on any atom is -0.481 e. The number of benzene rings is 1.